The fraction of sp³-hybridized carbons (Fsp3) is 0.385. The molecule has 84 valence electrons. The van der Waals surface area contributed by atoms with E-state index in [2.05, 4.69) is 4.98 Å². The third-order valence-corrected chi connectivity index (χ3v) is 3.45. The molecule has 0 amide bonds. The summed E-state index contributed by atoms with van der Waals surface area (Å²) in [6.45, 7) is 1.89. The second-order valence-electron chi connectivity index (χ2n) is 4.57. The number of nitrogens with one attached hydrogen (secondary N) is 1. The van der Waals surface area contributed by atoms with Crippen molar-refractivity contribution in [1.82, 2.24) is 4.98 Å². The van der Waals surface area contributed by atoms with Crippen LogP contribution >= 0.6 is 0 Å². The molecule has 0 saturated carbocycles. The molecule has 1 aromatic heterocycles. The molecule has 2 aromatic rings. The maximum Gasteiger partial charge on any atom is 0.124 e. The quantitative estimate of drug-likeness (QED) is 0.702. The summed E-state index contributed by atoms with van der Waals surface area (Å²) in [5, 5.41) is 10.8. The lowest BCUT2D eigenvalue weighted by atomic mass is 9.93. The number of aromatic amines is 1. The number of aliphatic hydroxyl groups is 1. The van der Waals surface area contributed by atoms with Crippen molar-refractivity contribution in [2.45, 2.75) is 32.3 Å². The molecule has 0 aliphatic heterocycles. The van der Waals surface area contributed by atoms with E-state index < -0.39 is 6.10 Å². The van der Waals surface area contributed by atoms with E-state index in [-0.39, 0.29) is 5.82 Å². The molecule has 1 heterocycles. The number of fused-ring (bicyclic) bond motifs is 3. The Balaban J connectivity index is 2.36. The molecule has 1 aliphatic rings. The van der Waals surface area contributed by atoms with Gasteiger partial charge in [-0.1, -0.05) is 0 Å². The molecule has 3 heteroatoms. The minimum Gasteiger partial charge on any atom is -0.387 e. The number of H-pyrrole nitrogens is 1. The van der Waals surface area contributed by atoms with Gasteiger partial charge in [0.2, 0.25) is 0 Å². The molecule has 16 heavy (non-hydrogen) atoms. The van der Waals surface area contributed by atoms with Gasteiger partial charge in [-0.3, -0.25) is 0 Å². The summed E-state index contributed by atoms with van der Waals surface area (Å²) in [4.78, 5) is 3.24. The van der Waals surface area contributed by atoms with E-state index in [4.69, 9.17) is 0 Å². The number of halogens is 1. The van der Waals surface area contributed by atoms with E-state index >= 15 is 0 Å². The highest BCUT2D eigenvalue weighted by molar-refractivity contribution is 5.87. The second-order valence-corrected chi connectivity index (χ2v) is 4.57. The molecule has 0 saturated heterocycles. The first-order valence-electron chi connectivity index (χ1n) is 5.65. The predicted octanol–water partition coefficient (Wildman–Crippen LogP) is 2.99. The fourth-order valence-corrected chi connectivity index (χ4v) is 2.67. The van der Waals surface area contributed by atoms with Crippen LogP contribution in [-0.2, 0) is 6.42 Å². The summed E-state index contributed by atoms with van der Waals surface area (Å²) >= 11 is 0. The van der Waals surface area contributed by atoms with Gasteiger partial charge in [0.05, 0.1) is 6.10 Å². The van der Waals surface area contributed by atoms with E-state index in [1.54, 1.807) is 6.07 Å². The van der Waals surface area contributed by atoms with Gasteiger partial charge in [0, 0.05) is 16.6 Å². The standard InChI is InChI=1S/C13H14FNO/c1-7-5-8(14)6-10-9-3-2-4-11(16)13(9)15-12(7)10/h5-6,11,15-16H,2-4H2,1H3. The number of hydrogen-bond acceptors (Lipinski definition) is 1. The summed E-state index contributed by atoms with van der Waals surface area (Å²) in [5.74, 6) is -0.202. The van der Waals surface area contributed by atoms with Crippen LogP contribution in [0.4, 0.5) is 4.39 Å². The van der Waals surface area contributed by atoms with Crippen molar-refractivity contribution in [2.75, 3.05) is 0 Å². The smallest absolute Gasteiger partial charge is 0.124 e. The third-order valence-electron chi connectivity index (χ3n) is 3.45. The second kappa shape index (κ2) is 3.32. The molecule has 3 rings (SSSR count). The van der Waals surface area contributed by atoms with Gasteiger partial charge in [-0.05, 0) is 49.4 Å². The largest absolute Gasteiger partial charge is 0.387 e. The Morgan fingerprint density at radius 1 is 1.44 bits per heavy atom. The summed E-state index contributed by atoms with van der Waals surface area (Å²) in [6, 6.07) is 3.09. The number of aryl methyl sites for hydroxylation is 2. The molecule has 2 nitrogen and oxygen atoms in total. The summed E-state index contributed by atoms with van der Waals surface area (Å²) in [6.07, 6.45) is 2.27. The topological polar surface area (TPSA) is 36.0 Å². The average molecular weight is 219 g/mol. The highest BCUT2D eigenvalue weighted by Crippen LogP contribution is 2.35. The zero-order valence-electron chi connectivity index (χ0n) is 9.18. The molecule has 1 aromatic carbocycles. The summed E-state index contributed by atoms with van der Waals surface area (Å²) in [5.41, 5.74) is 3.84. The van der Waals surface area contributed by atoms with Crippen LogP contribution in [-0.4, -0.2) is 10.1 Å². The van der Waals surface area contributed by atoms with Crippen LogP contribution in [0.15, 0.2) is 12.1 Å². The van der Waals surface area contributed by atoms with Crippen molar-refractivity contribution >= 4 is 10.9 Å². The zero-order chi connectivity index (χ0) is 11.3. The molecule has 1 aliphatic carbocycles. The van der Waals surface area contributed by atoms with E-state index in [0.717, 1.165) is 47.0 Å². The maximum absolute atomic E-state index is 13.4. The van der Waals surface area contributed by atoms with Crippen LogP contribution in [0.2, 0.25) is 0 Å². The first kappa shape index (κ1) is 9.85. The minimum absolute atomic E-state index is 0.202. The van der Waals surface area contributed by atoms with Crippen molar-refractivity contribution < 1.29 is 9.50 Å². The molecule has 0 bridgehead atoms. The highest BCUT2D eigenvalue weighted by atomic mass is 19.1. The van der Waals surface area contributed by atoms with Gasteiger partial charge in [0.1, 0.15) is 5.82 Å². The predicted molar refractivity (Wildman–Crippen MR) is 60.9 cm³/mol. The average Bonchev–Trinajstić information content (AvgIpc) is 2.59. The Morgan fingerprint density at radius 3 is 3.06 bits per heavy atom. The van der Waals surface area contributed by atoms with Gasteiger partial charge in [-0.25, -0.2) is 4.39 Å². The first-order chi connectivity index (χ1) is 7.66. The van der Waals surface area contributed by atoms with Crippen LogP contribution in [0.3, 0.4) is 0 Å². The number of hydrogen-bond donors (Lipinski definition) is 2. The van der Waals surface area contributed by atoms with Crippen LogP contribution in [0.5, 0.6) is 0 Å². The highest BCUT2D eigenvalue weighted by Gasteiger charge is 2.23. The molecular weight excluding hydrogens is 205 g/mol. The Labute approximate surface area is 93.1 Å². The van der Waals surface area contributed by atoms with Crippen molar-refractivity contribution in [1.29, 1.82) is 0 Å². The van der Waals surface area contributed by atoms with Crippen molar-refractivity contribution in [3.05, 3.63) is 34.8 Å². The molecule has 1 atom stereocenters. The van der Waals surface area contributed by atoms with Gasteiger partial charge in [-0.2, -0.15) is 0 Å². The lowest BCUT2D eigenvalue weighted by Crippen LogP contribution is -2.07. The van der Waals surface area contributed by atoms with Crippen LogP contribution in [0, 0.1) is 12.7 Å². The summed E-state index contributed by atoms with van der Waals surface area (Å²) < 4.78 is 13.4. The van der Waals surface area contributed by atoms with E-state index in [1.807, 2.05) is 6.92 Å². The van der Waals surface area contributed by atoms with Crippen molar-refractivity contribution in [2.24, 2.45) is 0 Å². The SMILES string of the molecule is Cc1cc(F)cc2c3c([nH]c12)C(O)CCC3. The van der Waals surface area contributed by atoms with Gasteiger partial charge in [0.15, 0.2) is 0 Å². The lowest BCUT2D eigenvalue weighted by Gasteiger charge is -2.17. The summed E-state index contributed by atoms with van der Waals surface area (Å²) in [7, 11) is 0. The van der Waals surface area contributed by atoms with Gasteiger partial charge in [-0.15, -0.1) is 0 Å². The maximum atomic E-state index is 13.4. The lowest BCUT2D eigenvalue weighted by molar-refractivity contribution is 0.153. The Morgan fingerprint density at radius 2 is 2.25 bits per heavy atom. The monoisotopic (exact) mass is 219 g/mol. The van der Waals surface area contributed by atoms with Gasteiger partial charge >= 0.3 is 0 Å². The third kappa shape index (κ3) is 1.28. The van der Waals surface area contributed by atoms with Gasteiger partial charge < -0.3 is 10.1 Å². The Kier molecular flexibility index (Phi) is 2.04. The van der Waals surface area contributed by atoms with Crippen molar-refractivity contribution in [3.8, 4) is 0 Å². The number of benzene rings is 1. The van der Waals surface area contributed by atoms with Gasteiger partial charge in [0.25, 0.3) is 0 Å². The molecule has 0 fully saturated rings. The molecular formula is C13H14FNO. The number of aliphatic hydroxyl groups excluding tert-OH is 1. The van der Waals surface area contributed by atoms with E-state index in [9.17, 15) is 9.50 Å². The molecule has 1 unspecified atom stereocenters. The van der Waals surface area contributed by atoms with Crippen LogP contribution < -0.4 is 0 Å². The minimum atomic E-state index is -0.418. The normalized spacial score (nSPS) is 20.1. The molecule has 0 radical (unpaired) electrons. The number of rotatable bonds is 0. The van der Waals surface area contributed by atoms with E-state index in [1.165, 1.54) is 6.07 Å². The van der Waals surface area contributed by atoms with Crippen LogP contribution in [0.1, 0.15) is 35.8 Å². The van der Waals surface area contributed by atoms with E-state index in [0.29, 0.717) is 0 Å². The zero-order valence-corrected chi connectivity index (χ0v) is 9.18. The van der Waals surface area contributed by atoms with Crippen LogP contribution in [0.25, 0.3) is 10.9 Å². The molecule has 0 spiro atoms. The van der Waals surface area contributed by atoms with Crippen molar-refractivity contribution in [3.63, 3.8) is 0 Å². The fourth-order valence-electron chi connectivity index (χ4n) is 2.67. The first-order valence-corrected chi connectivity index (χ1v) is 5.65. The molecule has 2 N–H and O–H groups in total. The number of aromatic nitrogens is 1. The Hall–Kier alpha value is -1.35. The Bertz CT molecular complexity index is 559.